The van der Waals surface area contributed by atoms with E-state index >= 15 is 0 Å². The fraction of sp³-hybridized carbons (Fsp3) is 0.643. The third kappa shape index (κ3) is 2.22. The Labute approximate surface area is 103 Å². The quantitative estimate of drug-likeness (QED) is 0.840. The smallest absolute Gasteiger partial charge is 0.0573 e. The first-order valence-corrected chi connectivity index (χ1v) is 6.61. The van der Waals surface area contributed by atoms with Crippen molar-refractivity contribution in [1.82, 2.24) is 9.88 Å². The fourth-order valence-corrected chi connectivity index (χ4v) is 3.47. The molecule has 1 saturated heterocycles. The van der Waals surface area contributed by atoms with Crippen LogP contribution in [0, 0.1) is 18.8 Å². The van der Waals surface area contributed by atoms with Crippen LogP contribution < -0.4 is 5.73 Å². The molecule has 92 valence electrons. The number of nitrogens with two attached hydrogens (primary N) is 1. The van der Waals surface area contributed by atoms with Crippen LogP contribution in [0.4, 0.5) is 0 Å². The van der Waals surface area contributed by atoms with E-state index < -0.39 is 0 Å². The minimum atomic E-state index is 0.462. The molecule has 2 aliphatic rings. The Morgan fingerprint density at radius 3 is 2.71 bits per heavy atom. The first-order chi connectivity index (χ1) is 8.22. The van der Waals surface area contributed by atoms with Gasteiger partial charge in [-0.2, -0.15) is 0 Å². The lowest BCUT2D eigenvalue weighted by molar-refractivity contribution is 0.295. The van der Waals surface area contributed by atoms with E-state index in [4.69, 9.17) is 5.73 Å². The molecule has 0 bridgehead atoms. The zero-order valence-corrected chi connectivity index (χ0v) is 10.5. The van der Waals surface area contributed by atoms with Crippen molar-refractivity contribution in [3.8, 4) is 0 Å². The van der Waals surface area contributed by atoms with Crippen molar-refractivity contribution in [2.75, 3.05) is 13.1 Å². The summed E-state index contributed by atoms with van der Waals surface area (Å²) in [7, 11) is 0. The molecule has 1 aliphatic heterocycles. The molecule has 2 N–H and O–H groups in total. The number of hydrogen-bond donors (Lipinski definition) is 1. The molecule has 0 radical (unpaired) electrons. The molecule has 1 aromatic heterocycles. The molecular weight excluding hydrogens is 210 g/mol. The summed E-state index contributed by atoms with van der Waals surface area (Å²) >= 11 is 0. The van der Waals surface area contributed by atoms with E-state index in [2.05, 4.69) is 22.9 Å². The van der Waals surface area contributed by atoms with Crippen LogP contribution in [0.3, 0.4) is 0 Å². The molecule has 2 fully saturated rings. The first kappa shape index (κ1) is 11.2. The van der Waals surface area contributed by atoms with Gasteiger partial charge in [0.05, 0.1) is 5.69 Å². The predicted octanol–water partition coefficient (Wildman–Crippen LogP) is 1.56. The SMILES string of the molecule is Cc1cccnc1CN1CC2CC(N)C[C@H]2C1. The van der Waals surface area contributed by atoms with Crippen molar-refractivity contribution < 1.29 is 0 Å². The second-order valence-electron chi connectivity index (χ2n) is 5.71. The van der Waals surface area contributed by atoms with Gasteiger partial charge in [0.2, 0.25) is 0 Å². The van der Waals surface area contributed by atoms with E-state index in [0.29, 0.717) is 6.04 Å². The number of hydrogen-bond acceptors (Lipinski definition) is 3. The summed E-state index contributed by atoms with van der Waals surface area (Å²) < 4.78 is 0. The van der Waals surface area contributed by atoms with Crippen molar-refractivity contribution >= 4 is 0 Å². The van der Waals surface area contributed by atoms with E-state index in [9.17, 15) is 0 Å². The average Bonchev–Trinajstić information content (AvgIpc) is 2.78. The van der Waals surface area contributed by atoms with Crippen molar-refractivity contribution in [3.63, 3.8) is 0 Å². The molecule has 3 atom stereocenters. The van der Waals surface area contributed by atoms with E-state index in [0.717, 1.165) is 18.4 Å². The van der Waals surface area contributed by atoms with Crippen LogP contribution in [0.25, 0.3) is 0 Å². The molecule has 3 nitrogen and oxygen atoms in total. The lowest BCUT2D eigenvalue weighted by Crippen LogP contribution is -2.25. The number of rotatable bonds is 2. The maximum absolute atomic E-state index is 6.02. The summed E-state index contributed by atoms with van der Waals surface area (Å²) in [4.78, 5) is 7.04. The monoisotopic (exact) mass is 231 g/mol. The minimum absolute atomic E-state index is 0.462. The largest absolute Gasteiger partial charge is 0.328 e. The molecule has 2 unspecified atom stereocenters. The van der Waals surface area contributed by atoms with Crippen LogP contribution >= 0.6 is 0 Å². The molecule has 0 spiro atoms. The number of pyridine rings is 1. The van der Waals surface area contributed by atoms with Gasteiger partial charge >= 0.3 is 0 Å². The van der Waals surface area contributed by atoms with Gasteiger partial charge < -0.3 is 5.73 Å². The van der Waals surface area contributed by atoms with Gasteiger partial charge in [0.25, 0.3) is 0 Å². The molecule has 0 aromatic carbocycles. The van der Waals surface area contributed by atoms with E-state index in [1.54, 1.807) is 0 Å². The van der Waals surface area contributed by atoms with Gasteiger partial charge in [0.1, 0.15) is 0 Å². The van der Waals surface area contributed by atoms with Crippen molar-refractivity contribution in [3.05, 3.63) is 29.6 Å². The summed E-state index contributed by atoms with van der Waals surface area (Å²) in [5.74, 6) is 1.68. The number of fused-ring (bicyclic) bond motifs is 1. The summed E-state index contributed by atoms with van der Waals surface area (Å²) in [5, 5.41) is 0. The summed E-state index contributed by atoms with van der Waals surface area (Å²) in [6.07, 6.45) is 4.35. The van der Waals surface area contributed by atoms with Gasteiger partial charge in [-0.25, -0.2) is 0 Å². The zero-order chi connectivity index (χ0) is 11.8. The van der Waals surface area contributed by atoms with Gasteiger partial charge in [-0.1, -0.05) is 6.07 Å². The normalized spacial score (nSPS) is 32.9. The van der Waals surface area contributed by atoms with Crippen LogP contribution in [-0.2, 0) is 6.54 Å². The number of aryl methyl sites for hydroxylation is 1. The molecule has 1 aliphatic carbocycles. The Kier molecular flexibility index (Phi) is 2.89. The lowest BCUT2D eigenvalue weighted by atomic mass is 10.0. The summed E-state index contributed by atoms with van der Waals surface area (Å²) in [6, 6.07) is 4.62. The van der Waals surface area contributed by atoms with E-state index in [1.165, 1.54) is 37.2 Å². The second kappa shape index (κ2) is 4.39. The third-order valence-corrected chi connectivity index (χ3v) is 4.35. The Morgan fingerprint density at radius 1 is 1.35 bits per heavy atom. The number of aromatic nitrogens is 1. The summed E-state index contributed by atoms with van der Waals surface area (Å²) in [5.41, 5.74) is 8.56. The highest BCUT2D eigenvalue weighted by Gasteiger charge is 2.39. The first-order valence-electron chi connectivity index (χ1n) is 6.61. The Morgan fingerprint density at radius 2 is 2.06 bits per heavy atom. The second-order valence-corrected chi connectivity index (χ2v) is 5.71. The average molecular weight is 231 g/mol. The molecule has 1 saturated carbocycles. The molecule has 2 heterocycles. The molecule has 3 heteroatoms. The third-order valence-electron chi connectivity index (χ3n) is 4.35. The van der Waals surface area contributed by atoms with Crippen LogP contribution in [0.1, 0.15) is 24.1 Å². The number of nitrogens with zero attached hydrogens (tertiary/aromatic N) is 2. The van der Waals surface area contributed by atoms with Crippen LogP contribution in [-0.4, -0.2) is 29.0 Å². The Balaban J connectivity index is 1.64. The number of likely N-dealkylation sites (tertiary alicyclic amines) is 1. The van der Waals surface area contributed by atoms with E-state index in [-0.39, 0.29) is 0 Å². The predicted molar refractivity (Wildman–Crippen MR) is 68.4 cm³/mol. The highest BCUT2D eigenvalue weighted by Crippen LogP contribution is 2.37. The standard InChI is InChI=1S/C14H21N3/c1-10-3-2-4-16-14(10)9-17-7-11-5-13(15)6-12(11)8-17/h2-4,11-13H,5-9,15H2,1H3/t11-,12?,13?/m0/s1. The van der Waals surface area contributed by atoms with Crippen LogP contribution in [0.2, 0.25) is 0 Å². The molecular formula is C14H21N3. The minimum Gasteiger partial charge on any atom is -0.328 e. The van der Waals surface area contributed by atoms with Crippen molar-refractivity contribution in [2.45, 2.75) is 32.4 Å². The van der Waals surface area contributed by atoms with Crippen LogP contribution in [0.5, 0.6) is 0 Å². The lowest BCUT2D eigenvalue weighted by Gasteiger charge is -2.18. The van der Waals surface area contributed by atoms with Gasteiger partial charge in [-0.05, 0) is 43.2 Å². The zero-order valence-electron chi connectivity index (χ0n) is 10.5. The van der Waals surface area contributed by atoms with Gasteiger partial charge in [0.15, 0.2) is 0 Å². The molecule has 17 heavy (non-hydrogen) atoms. The van der Waals surface area contributed by atoms with Crippen molar-refractivity contribution in [1.29, 1.82) is 0 Å². The van der Waals surface area contributed by atoms with Crippen molar-refractivity contribution in [2.24, 2.45) is 17.6 Å². The van der Waals surface area contributed by atoms with Gasteiger partial charge in [-0.15, -0.1) is 0 Å². The topological polar surface area (TPSA) is 42.2 Å². The van der Waals surface area contributed by atoms with Crippen LogP contribution in [0.15, 0.2) is 18.3 Å². The molecule has 0 amide bonds. The highest BCUT2D eigenvalue weighted by atomic mass is 15.2. The van der Waals surface area contributed by atoms with Gasteiger partial charge in [0, 0.05) is 31.9 Å². The molecule has 3 rings (SSSR count). The maximum Gasteiger partial charge on any atom is 0.0573 e. The highest BCUT2D eigenvalue weighted by molar-refractivity contribution is 5.17. The van der Waals surface area contributed by atoms with E-state index in [1.807, 2.05) is 12.3 Å². The molecule has 1 aromatic rings. The Bertz CT molecular complexity index is 390. The fourth-order valence-electron chi connectivity index (χ4n) is 3.47. The summed E-state index contributed by atoms with van der Waals surface area (Å²) in [6.45, 7) is 5.59. The van der Waals surface area contributed by atoms with Gasteiger partial charge in [-0.3, -0.25) is 9.88 Å². The Hall–Kier alpha value is -0.930. The maximum atomic E-state index is 6.02.